The third kappa shape index (κ3) is 5.10. The molecule has 0 spiro atoms. The SMILES string of the molecule is O=C(O)CN1C(=O)C2Sc3[nH]c(=O)sc3[C@H](c3cc(Br)ccc3OCC(=O)Nc3ccc(Cl)cc3)C2C1=O. The first-order chi connectivity index (χ1) is 18.1. The van der Waals surface area contributed by atoms with Gasteiger partial charge in [-0.05, 0) is 42.5 Å². The fraction of sp³-hybridized carbons (Fsp3) is 0.208. The summed E-state index contributed by atoms with van der Waals surface area (Å²) in [4.78, 5) is 66.3. The number of nitrogens with one attached hydrogen (secondary N) is 2. The van der Waals surface area contributed by atoms with E-state index in [4.69, 9.17) is 16.3 Å². The van der Waals surface area contributed by atoms with Gasteiger partial charge in [0.15, 0.2) is 6.61 Å². The molecule has 0 bridgehead atoms. The van der Waals surface area contributed by atoms with Crippen molar-refractivity contribution in [3.05, 3.63) is 72.1 Å². The molecule has 2 aliphatic rings. The van der Waals surface area contributed by atoms with Crippen LogP contribution in [0.4, 0.5) is 5.69 Å². The number of thioether (sulfide) groups is 1. The Balaban J connectivity index is 1.49. The summed E-state index contributed by atoms with van der Waals surface area (Å²) in [6.45, 7) is -1.12. The van der Waals surface area contributed by atoms with Gasteiger partial charge in [-0.2, -0.15) is 0 Å². The van der Waals surface area contributed by atoms with E-state index in [9.17, 15) is 29.1 Å². The Hall–Kier alpha value is -3.13. The van der Waals surface area contributed by atoms with Crippen LogP contribution in [0.2, 0.25) is 5.02 Å². The maximum absolute atomic E-state index is 13.4. The molecule has 2 aromatic carbocycles. The number of hydrogen-bond acceptors (Lipinski definition) is 8. The Kier molecular flexibility index (Phi) is 7.36. The Labute approximate surface area is 236 Å². The van der Waals surface area contributed by atoms with Crippen molar-refractivity contribution in [1.29, 1.82) is 0 Å². The van der Waals surface area contributed by atoms with Gasteiger partial charge in [0, 0.05) is 31.5 Å². The highest BCUT2D eigenvalue weighted by molar-refractivity contribution is 9.10. The molecule has 0 radical (unpaired) electrons. The first-order valence-corrected chi connectivity index (χ1v) is 13.9. The highest BCUT2D eigenvalue weighted by atomic mass is 79.9. The fourth-order valence-electron chi connectivity index (χ4n) is 4.47. The van der Waals surface area contributed by atoms with Crippen LogP contribution >= 0.6 is 50.6 Å². The number of aromatic nitrogens is 1. The average Bonchev–Trinajstić information content (AvgIpc) is 3.35. The van der Waals surface area contributed by atoms with E-state index < -0.39 is 47.3 Å². The summed E-state index contributed by atoms with van der Waals surface area (Å²) < 4.78 is 6.52. The normalized spacial score (nSPS) is 20.2. The molecule has 3 aromatic rings. The second kappa shape index (κ2) is 10.6. The number of H-pyrrole nitrogens is 1. The average molecular weight is 639 g/mol. The molecule has 2 aliphatic heterocycles. The monoisotopic (exact) mass is 637 g/mol. The standard InChI is InChI=1S/C24H17BrClN3O7S2/c25-10-1-6-14(36-9-15(30)27-12-4-2-11(26)3-5-12)13(7-10)17-18-20(37-21-19(17)38-24(35)28-21)23(34)29(22(18)33)8-16(31)32/h1-7,17-18,20H,8-9H2,(H,27,30)(H,28,35)(H,31,32)/t17-,18?,20?/m1/s1. The molecule has 3 N–H and O–H groups in total. The quantitative estimate of drug-likeness (QED) is 0.333. The van der Waals surface area contributed by atoms with Crippen LogP contribution in [0.1, 0.15) is 16.4 Å². The smallest absolute Gasteiger partial charge is 0.323 e. The van der Waals surface area contributed by atoms with Gasteiger partial charge in [-0.25, -0.2) is 0 Å². The lowest BCUT2D eigenvalue weighted by Gasteiger charge is -2.31. The number of carboxylic acids is 1. The summed E-state index contributed by atoms with van der Waals surface area (Å²) in [6, 6.07) is 11.6. The number of aromatic amines is 1. The molecule has 10 nitrogen and oxygen atoms in total. The van der Waals surface area contributed by atoms with Gasteiger partial charge in [0.05, 0.1) is 10.9 Å². The van der Waals surface area contributed by atoms with Crippen LogP contribution in [0.3, 0.4) is 0 Å². The lowest BCUT2D eigenvalue weighted by atomic mass is 9.82. The number of anilines is 1. The van der Waals surface area contributed by atoms with E-state index in [1.54, 1.807) is 42.5 Å². The number of nitrogens with zero attached hydrogens (tertiary/aromatic N) is 1. The maximum atomic E-state index is 13.4. The number of amides is 3. The Morgan fingerprint density at radius 3 is 2.58 bits per heavy atom. The first-order valence-electron chi connectivity index (χ1n) is 11.1. The van der Waals surface area contributed by atoms with E-state index in [0.29, 0.717) is 30.6 Å². The third-order valence-electron chi connectivity index (χ3n) is 6.00. The zero-order valence-electron chi connectivity index (χ0n) is 19.1. The number of imide groups is 1. The van der Waals surface area contributed by atoms with Crippen LogP contribution in [0.5, 0.6) is 5.75 Å². The molecule has 0 saturated carbocycles. The summed E-state index contributed by atoms with van der Waals surface area (Å²) in [7, 11) is 0. The molecule has 2 unspecified atom stereocenters. The summed E-state index contributed by atoms with van der Waals surface area (Å²) >= 11 is 11.3. The van der Waals surface area contributed by atoms with Crippen LogP contribution in [0.15, 0.2) is 56.8 Å². The van der Waals surface area contributed by atoms with E-state index in [1.165, 1.54) is 0 Å². The Morgan fingerprint density at radius 2 is 1.87 bits per heavy atom. The van der Waals surface area contributed by atoms with Gasteiger partial charge < -0.3 is 20.1 Å². The molecule has 14 heteroatoms. The zero-order valence-corrected chi connectivity index (χ0v) is 23.1. The highest BCUT2D eigenvalue weighted by Crippen LogP contribution is 2.54. The maximum Gasteiger partial charge on any atom is 0.323 e. The van der Waals surface area contributed by atoms with Gasteiger partial charge in [-0.3, -0.25) is 28.9 Å². The van der Waals surface area contributed by atoms with Crippen LogP contribution in [-0.2, 0) is 19.2 Å². The van der Waals surface area contributed by atoms with Crippen LogP contribution in [-0.4, -0.2) is 57.1 Å². The van der Waals surface area contributed by atoms with Gasteiger partial charge in [0.2, 0.25) is 11.8 Å². The Morgan fingerprint density at radius 1 is 1.13 bits per heavy atom. The van der Waals surface area contributed by atoms with E-state index in [0.717, 1.165) is 28.0 Å². The molecule has 1 saturated heterocycles. The van der Waals surface area contributed by atoms with E-state index in [-0.39, 0.29) is 17.2 Å². The van der Waals surface area contributed by atoms with Crippen molar-refractivity contribution in [2.75, 3.05) is 18.5 Å². The van der Waals surface area contributed by atoms with Gasteiger partial charge in [0.25, 0.3) is 5.91 Å². The zero-order chi connectivity index (χ0) is 27.1. The number of aliphatic carboxylic acids is 1. The van der Waals surface area contributed by atoms with Gasteiger partial charge >= 0.3 is 10.8 Å². The van der Waals surface area contributed by atoms with Crippen LogP contribution in [0, 0.1) is 5.92 Å². The molecule has 1 fully saturated rings. The van der Waals surface area contributed by atoms with Crippen molar-refractivity contribution in [1.82, 2.24) is 9.88 Å². The third-order valence-corrected chi connectivity index (χ3v) is 9.15. The molecule has 196 valence electrons. The largest absolute Gasteiger partial charge is 0.483 e. The lowest BCUT2D eigenvalue weighted by molar-refractivity contribution is -0.149. The predicted octanol–water partition coefficient (Wildman–Crippen LogP) is 3.55. The fourth-order valence-corrected chi connectivity index (χ4v) is 7.50. The number of fused-ring (bicyclic) bond motifs is 2. The van der Waals surface area contributed by atoms with Crippen molar-refractivity contribution >= 4 is 80.0 Å². The van der Waals surface area contributed by atoms with Gasteiger partial charge in [0.1, 0.15) is 17.5 Å². The molecule has 3 amide bonds. The number of halogens is 2. The van der Waals surface area contributed by atoms with Crippen LogP contribution in [0.25, 0.3) is 0 Å². The molecule has 3 atom stereocenters. The van der Waals surface area contributed by atoms with Crippen molar-refractivity contribution in [2.24, 2.45) is 5.92 Å². The summed E-state index contributed by atoms with van der Waals surface area (Å²) in [5, 5.41) is 12.0. The molecular formula is C24H17BrClN3O7S2. The van der Waals surface area contributed by atoms with Gasteiger partial charge in [-0.15, -0.1) is 0 Å². The topological polar surface area (TPSA) is 146 Å². The van der Waals surface area contributed by atoms with Crippen LogP contribution < -0.4 is 14.9 Å². The molecule has 0 aliphatic carbocycles. The number of thiazole rings is 1. The number of ether oxygens (including phenoxy) is 1. The number of hydrogen-bond donors (Lipinski definition) is 3. The molecule has 5 rings (SSSR count). The van der Waals surface area contributed by atoms with Crippen molar-refractivity contribution in [2.45, 2.75) is 16.2 Å². The minimum atomic E-state index is -1.31. The van der Waals surface area contributed by atoms with E-state index >= 15 is 0 Å². The minimum Gasteiger partial charge on any atom is -0.483 e. The van der Waals surface area contributed by atoms with Crippen molar-refractivity contribution < 1.29 is 29.0 Å². The van der Waals surface area contributed by atoms with E-state index in [2.05, 4.69) is 26.2 Å². The first kappa shape index (κ1) is 26.5. The number of rotatable bonds is 7. The molecule has 1 aromatic heterocycles. The summed E-state index contributed by atoms with van der Waals surface area (Å²) in [5.41, 5.74) is 1.00. The highest BCUT2D eigenvalue weighted by Gasteiger charge is 2.56. The van der Waals surface area contributed by atoms with Gasteiger partial charge in [-0.1, -0.05) is 50.6 Å². The number of carbonyl (C=O) groups is 4. The van der Waals surface area contributed by atoms with E-state index in [1.807, 2.05) is 0 Å². The van der Waals surface area contributed by atoms with Crippen molar-refractivity contribution in [3.63, 3.8) is 0 Å². The second-order valence-corrected chi connectivity index (χ2v) is 12.0. The predicted molar refractivity (Wildman–Crippen MR) is 144 cm³/mol. The second-order valence-electron chi connectivity index (χ2n) is 8.43. The minimum absolute atomic E-state index is 0.277. The molecule has 38 heavy (non-hydrogen) atoms. The van der Waals surface area contributed by atoms with Crippen molar-refractivity contribution in [3.8, 4) is 5.75 Å². The number of carboxylic acid groups (broad SMARTS) is 1. The molecule has 3 heterocycles. The number of likely N-dealkylation sites (tertiary alicyclic amines) is 1. The summed E-state index contributed by atoms with van der Waals surface area (Å²) in [6.07, 6.45) is 0. The summed E-state index contributed by atoms with van der Waals surface area (Å²) in [5.74, 6) is -4.50. The number of benzene rings is 2. The molecular weight excluding hydrogens is 622 g/mol. The lowest BCUT2D eigenvalue weighted by Crippen LogP contribution is -2.36. The number of carbonyl (C=O) groups excluding carboxylic acids is 3. The Bertz CT molecular complexity index is 1520.